The van der Waals surface area contributed by atoms with Gasteiger partial charge in [0.1, 0.15) is 5.02 Å². The minimum atomic E-state index is -0.917. The molecular weight excluding hydrogens is 201 g/mol. The third-order valence-electron chi connectivity index (χ3n) is 1.13. The van der Waals surface area contributed by atoms with Crippen molar-refractivity contribution < 1.29 is 9.53 Å². The van der Waals surface area contributed by atoms with Gasteiger partial charge in [-0.2, -0.15) is 0 Å². The van der Waals surface area contributed by atoms with Gasteiger partial charge in [-0.05, 0) is 12.1 Å². The molecule has 3 nitrogen and oxygen atoms in total. The number of rotatable bonds is 1. The molecule has 0 saturated carbocycles. The van der Waals surface area contributed by atoms with Crippen LogP contribution in [0.5, 0.6) is 5.75 Å². The van der Waals surface area contributed by atoms with E-state index < -0.39 is 6.09 Å². The SMILES string of the molecule is NC(=O)Oc1cccc(Cl)c1Cl. The summed E-state index contributed by atoms with van der Waals surface area (Å²) in [5, 5.41) is 0.494. The average molecular weight is 206 g/mol. The third-order valence-corrected chi connectivity index (χ3v) is 1.93. The summed E-state index contributed by atoms with van der Waals surface area (Å²) in [7, 11) is 0. The normalized spacial score (nSPS) is 9.50. The molecule has 0 aliphatic rings. The van der Waals surface area contributed by atoms with Gasteiger partial charge in [0.25, 0.3) is 0 Å². The minimum absolute atomic E-state index is 0.164. The lowest BCUT2D eigenvalue weighted by molar-refractivity contribution is 0.211. The maximum absolute atomic E-state index is 10.3. The van der Waals surface area contributed by atoms with Gasteiger partial charge < -0.3 is 10.5 Å². The zero-order valence-corrected chi connectivity index (χ0v) is 7.39. The number of halogens is 2. The molecule has 1 rings (SSSR count). The first kappa shape index (κ1) is 9.16. The molecule has 1 amide bonds. The second-order valence-electron chi connectivity index (χ2n) is 1.97. The standard InChI is InChI=1S/C7H5Cl2NO2/c8-4-2-1-3-5(6(4)9)12-7(10)11/h1-3H,(H2,10,11). The molecule has 5 heteroatoms. The smallest absolute Gasteiger partial charge is 0.409 e. The summed E-state index contributed by atoms with van der Waals surface area (Å²) in [6, 6.07) is 4.68. The zero-order chi connectivity index (χ0) is 9.14. The highest BCUT2D eigenvalue weighted by molar-refractivity contribution is 6.42. The summed E-state index contributed by atoms with van der Waals surface area (Å²) in [5.74, 6) is 0.164. The number of benzene rings is 1. The highest BCUT2D eigenvalue weighted by Crippen LogP contribution is 2.31. The maximum atomic E-state index is 10.3. The number of ether oxygens (including phenoxy) is 1. The Labute approximate surface area is 79.0 Å². The molecule has 64 valence electrons. The summed E-state index contributed by atoms with van der Waals surface area (Å²) in [5.41, 5.74) is 4.78. The van der Waals surface area contributed by atoms with Gasteiger partial charge in [-0.25, -0.2) is 4.79 Å². The van der Waals surface area contributed by atoms with E-state index in [1.54, 1.807) is 12.1 Å². The fraction of sp³-hybridized carbons (Fsp3) is 0. The van der Waals surface area contributed by atoms with Crippen LogP contribution in [0, 0.1) is 0 Å². The largest absolute Gasteiger partial charge is 0.410 e. The summed E-state index contributed by atoms with van der Waals surface area (Å²) in [6.07, 6.45) is -0.917. The van der Waals surface area contributed by atoms with Crippen LogP contribution in [0.25, 0.3) is 0 Å². The minimum Gasteiger partial charge on any atom is -0.409 e. The van der Waals surface area contributed by atoms with Gasteiger partial charge in [0.2, 0.25) is 0 Å². The van der Waals surface area contributed by atoms with E-state index in [1.807, 2.05) is 0 Å². The lowest BCUT2D eigenvalue weighted by Crippen LogP contribution is -2.16. The van der Waals surface area contributed by atoms with Crippen LogP contribution < -0.4 is 10.5 Å². The Kier molecular flexibility index (Phi) is 2.78. The molecule has 0 saturated heterocycles. The summed E-state index contributed by atoms with van der Waals surface area (Å²) < 4.78 is 4.55. The fourth-order valence-corrected chi connectivity index (χ4v) is 1.00. The molecule has 0 spiro atoms. The van der Waals surface area contributed by atoms with E-state index in [4.69, 9.17) is 28.9 Å². The second-order valence-corrected chi connectivity index (χ2v) is 2.76. The highest BCUT2D eigenvalue weighted by Gasteiger charge is 2.06. The first-order valence-electron chi connectivity index (χ1n) is 3.02. The van der Waals surface area contributed by atoms with Crippen molar-refractivity contribution in [3.8, 4) is 5.75 Å². The topological polar surface area (TPSA) is 52.3 Å². The third kappa shape index (κ3) is 2.03. The van der Waals surface area contributed by atoms with Crippen molar-refractivity contribution in [1.29, 1.82) is 0 Å². The molecule has 12 heavy (non-hydrogen) atoms. The molecule has 1 aromatic carbocycles. The van der Waals surface area contributed by atoms with Gasteiger partial charge in [0.05, 0.1) is 5.02 Å². The fourth-order valence-electron chi connectivity index (χ4n) is 0.671. The van der Waals surface area contributed by atoms with Crippen molar-refractivity contribution in [2.75, 3.05) is 0 Å². The molecular formula is C7H5Cl2NO2. The molecule has 1 aromatic rings. The predicted octanol–water partition coefficient (Wildman–Crippen LogP) is 2.45. The molecule has 0 fully saturated rings. The summed E-state index contributed by atoms with van der Waals surface area (Å²) in [6.45, 7) is 0. The lowest BCUT2D eigenvalue weighted by atomic mass is 10.3. The number of amides is 1. The van der Waals surface area contributed by atoms with E-state index in [2.05, 4.69) is 4.74 Å². The Bertz CT molecular complexity index is 314. The van der Waals surface area contributed by atoms with Crippen molar-refractivity contribution in [3.05, 3.63) is 28.2 Å². The van der Waals surface area contributed by atoms with Gasteiger partial charge in [-0.1, -0.05) is 29.3 Å². The monoisotopic (exact) mass is 205 g/mol. The molecule has 0 aromatic heterocycles. The van der Waals surface area contributed by atoms with Gasteiger partial charge in [0.15, 0.2) is 5.75 Å². The zero-order valence-electron chi connectivity index (χ0n) is 5.88. The molecule has 0 radical (unpaired) electrons. The number of nitrogens with two attached hydrogens (primary N) is 1. The number of carbonyl (C=O) groups is 1. The molecule has 0 aliphatic carbocycles. The molecule has 0 bridgehead atoms. The quantitative estimate of drug-likeness (QED) is 0.766. The second kappa shape index (κ2) is 3.65. The highest BCUT2D eigenvalue weighted by atomic mass is 35.5. The van der Waals surface area contributed by atoms with E-state index in [0.29, 0.717) is 5.02 Å². The Morgan fingerprint density at radius 3 is 2.67 bits per heavy atom. The van der Waals surface area contributed by atoms with E-state index in [0.717, 1.165) is 0 Å². The van der Waals surface area contributed by atoms with Gasteiger partial charge in [-0.15, -0.1) is 0 Å². The molecule has 0 atom stereocenters. The van der Waals surface area contributed by atoms with Crippen molar-refractivity contribution in [1.82, 2.24) is 0 Å². The van der Waals surface area contributed by atoms with Crippen LogP contribution in [-0.2, 0) is 0 Å². The van der Waals surface area contributed by atoms with Crippen molar-refractivity contribution >= 4 is 29.3 Å². The molecule has 0 aliphatic heterocycles. The number of carbonyl (C=O) groups excluding carboxylic acids is 1. The van der Waals surface area contributed by atoms with Crippen LogP contribution in [0.1, 0.15) is 0 Å². The first-order chi connectivity index (χ1) is 5.61. The number of hydrogen-bond donors (Lipinski definition) is 1. The van der Waals surface area contributed by atoms with Crippen molar-refractivity contribution in [2.24, 2.45) is 5.73 Å². The molecule has 2 N–H and O–H groups in total. The maximum Gasteiger partial charge on any atom is 0.410 e. The number of primary amides is 1. The summed E-state index contributed by atoms with van der Waals surface area (Å²) >= 11 is 11.3. The number of hydrogen-bond acceptors (Lipinski definition) is 2. The van der Waals surface area contributed by atoms with Crippen LogP contribution in [-0.4, -0.2) is 6.09 Å². The van der Waals surface area contributed by atoms with Crippen molar-refractivity contribution in [2.45, 2.75) is 0 Å². The van der Waals surface area contributed by atoms with Crippen LogP contribution in [0.15, 0.2) is 18.2 Å². The predicted molar refractivity (Wildman–Crippen MR) is 46.7 cm³/mol. The Balaban J connectivity index is 3.00. The summed E-state index contributed by atoms with van der Waals surface area (Å²) in [4.78, 5) is 10.3. The van der Waals surface area contributed by atoms with E-state index in [9.17, 15) is 4.79 Å². The van der Waals surface area contributed by atoms with Gasteiger partial charge in [0, 0.05) is 0 Å². The van der Waals surface area contributed by atoms with E-state index >= 15 is 0 Å². The van der Waals surface area contributed by atoms with Crippen molar-refractivity contribution in [3.63, 3.8) is 0 Å². The first-order valence-corrected chi connectivity index (χ1v) is 3.78. The van der Waals surface area contributed by atoms with E-state index in [-0.39, 0.29) is 10.8 Å². The lowest BCUT2D eigenvalue weighted by Gasteiger charge is -2.03. The van der Waals surface area contributed by atoms with Crippen LogP contribution in [0.2, 0.25) is 10.0 Å². The Hall–Kier alpha value is -0.930. The molecule has 0 unspecified atom stereocenters. The van der Waals surface area contributed by atoms with Crippen LogP contribution in [0.3, 0.4) is 0 Å². The Morgan fingerprint density at radius 2 is 2.08 bits per heavy atom. The van der Waals surface area contributed by atoms with Gasteiger partial charge >= 0.3 is 6.09 Å². The molecule has 0 heterocycles. The van der Waals surface area contributed by atoms with E-state index in [1.165, 1.54) is 6.07 Å². The van der Waals surface area contributed by atoms with Crippen LogP contribution in [0.4, 0.5) is 4.79 Å². The van der Waals surface area contributed by atoms with Crippen LogP contribution >= 0.6 is 23.2 Å². The van der Waals surface area contributed by atoms with Gasteiger partial charge in [-0.3, -0.25) is 0 Å². The average Bonchev–Trinajstić information content (AvgIpc) is 1.98. The Morgan fingerprint density at radius 1 is 1.42 bits per heavy atom.